The molecule has 1 fully saturated rings. The molecule has 0 aromatic heterocycles. The molecule has 0 radical (unpaired) electrons. The molecule has 0 bridgehead atoms. The molecule has 0 spiro atoms. The third-order valence-electron chi connectivity index (χ3n) is 3.95. The second-order valence-corrected chi connectivity index (χ2v) is 5.37. The fraction of sp³-hybridized carbons (Fsp3) is 0.467. The number of amides is 2. The van der Waals surface area contributed by atoms with Crippen molar-refractivity contribution in [2.45, 2.75) is 25.4 Å². The van der Waals surface area contributed by atoms with Gasteiger partial charge in [-0.3, -0.25) is 9.59 Å². The van der Waals surface area contributed by atoms with E-state index in [0.717, 1.165) is 6.42 Å². The zero-order valence-corrected chi connectivity index (χ0v) is 11.4. The van der Waals surface area contributed by atoms with Gasteiger partial charge in [-0.15, -0.1) is 0 Å². The quantitative estimate of drug-likeness (QED) is 0.760. The minimum atomic E-state index is -0.212. The predicted molar refractivity (Wildman–Crippen MR) is 75.0 cm³/mol. The lowest BCUT2D eigenvalue weighted by molar-refractivity contribution is -0.137. The summed E-state index contributed by atoms with van der Waals surface area (Å²) in [7, 11) is 0. The van der Waals surface area contributed by atoms with Crippen molar-refractivity contribution in [3.63, 3.8) is 0 Å². The van der Waals surface area contributed by atoms with E-state index in [0.29, 0.717) is 26.1 Å². The van der Waals surface area contributed by atoms with Crippen molar-refractivity contribution in [1.29, 1.82) is 0 Å². The Labute approximate surface area is 118 Å². The van der Waals surface area contributed by atoms with Crippen LogP contribution in [0.15, 0.2) is 24.3 Å². The highest BCUT2D eigenvalue weighted by molar-refractivity contribution is 5.88. The molecule has 2 heterocycles. The largest absolute Gasteiger partial charge is 0.354 e. The number of hydrogen-bond acceptors (Lipinski definition) is 3. The first-order chi connectivity index (χ1) is 9.74. The number of nitrogens with zero attached hydrogens (tertiary/aromatic N) is 1. The van der Waals surface area contributed by atoms with Crippen LogP contribution < -0.4 is 10.6 Å². The minimum Gasteiger partial charge on any atom is -0.354 e. The summed E-state index contributed by atoms with van der Waals surface area (Å²) in [5.41, 5.74) is 2.48. The molecule has 2 aliphatic rings. The van der Waals surface area contributed by atoms with E-state index in [1.165, 1.54) is 11.1 Å². The molecule has 1 saturated heterocycles. The van der Waals surface area contributed by atoms with E-state index in [9.17, 15) is 9.59 Å². The summed E-state index contributed by atoms with van der Waals surface area (Å²) in [5, 5.41) is 6.08. The monoisotopic (exact) mass is 273 g/mol. The Morgan fingerprint density at radius 2 is 2.05 bits per heavy atom. The maximum absolute atomic E-state index is 12.5. The molecule has 3 rings (SSSR count). The van der Waals surface area contributed by atoms with Crippen LogP contribution in [0.2, 0.25) is 0 Å². The fourth-order valence-corrected chi connectivity index (χ4v) is 2.84. The van der Waals surface area contributed by atoms with Gasteiger partial charge in [-0.25, -0.2) is 0 Å². The van der Waals surface area contributed by atoms with E-state index < -0.39 is 0 Å². The molecule has 5 heteroatoms. The van der Waals surface area contributed by atoms with Crippen molar-refractivity contribution in [1.82, 2.24) is 15.5 Å². The molecule has 0 aliphatic carbocycles. The zero-order valence-electron chi connectivity index (χ0n) is 11.4. The normalized spacial score (nSPS) is 22.7. The number of nitrogens with one attached hydrogen (secondary N) is 2. The fourth-order valence-electron chi connectivity index (χ4n) is 2.84. The summed E-state index contributed by atoms with van der Waals surface area (Å²) in [6.07, 6.45) is 1.52. The molecule has 2 amide bonds. The Balaban J connectivity index is 1.70. The summed E-state index contributed by atoms with van der Waals surface area (Å²) >= 11 is 0. The van der Waals surface area contributed by atoms with Crippen LogP contribution in [0, 0.1) is 0 Å². The summed E-state index contributed by atoms with van der Waals surface area (Å²) in [6, 6.07) is 7.97. The van der Waals surface area contributed by atoms with Gasteiger partial charge in [-0.05, 0) is 24.0 Å². The van der Waals surface area contributed by atoms with Crippen molar-refractivity contribution in [3.05, 3.63) is 35.4 Å². The topological polar surface area (TPSA) is 61.4 Å². The van der Waals surface area contributed by atoms with Crippen molar-refractivity contribution in [2.75, 3.05) is 19.6 Å². The Morgan fingerprint density at radius 1 is 1.25 bits per heavy atom. The van der Waals surface area contributed by atoms with Crippen molar-refractivity contribution < 1.29 is 9.59 Å². The van der Waals surface area contributed by atoms with Gasteiger partial charge < -0.3 is 15.5 Å². The summed E-state index contributed by atoms with van der Waals surface area (Å²) in [4.78, 5) is 25.8. The van der Waals surface area contributed by atoms with Gasteiger partial charge >= 0.3 is 0 Å². The highest BCUT2D eigenvalue weighted by Gasteiger charge is 2.29. The van der Waals surface area contributed by atoms with Crippen LogP contribution in [-0.4, -0.2) is 42.4 Å². The standard InChI is InChI=1S/C15H19N3O2/c19-14-10-18(7-3-6-16-14)15(20)13-8-11-4-1-2-5-12(11)9-17-13/h1-2,4-5,13,17H,3,6-10H2,(H,16,19). The molecule has 1 atom stereocenters. The van der Waals surface area contributed by atoms with Crippen molar-refractivity contribution in [3.8, 4) is 0 Å². The van der Waals surface area contributed by atoms with E-state index >= 15 is 0 Å². The Morgan fingerprint density at radius 3 is 2.90 bits per heavy atom. The molecule has 5 nitrogen and oxygen atoms in total. The number of carbonyl (C=O) groups is 2. The van der Waals surface area contributed by atoms with Crippen LogP contribution in [0.5, 0.6) is 0 Å². The maximum atomic E-state index is 12.5. The molecular formula is C15H19N3O2. The highest BCUT2D eigenvalue weighted by Crippen LogP contribution is 2.17. The lowest BCUT2D eigenvalue weighted by atomic mass is 9.95. The van der Waals surface area contributed by atoms with Gasteiger partial charge in [0.05, 0.1) is 12.6 Å². The summed E-state index contributed by atoms with van der Waals surface area (Å²) in [5.74, 6) is -0.0244. The second kappa shape index (κ2) is 5.63. The third kappa shape index (κ3) is 2.67. The molecule has 2 N–H and O–H groups in total. The van der Waals surface area contributed by atoms with Gasteiger partial charge in [-0.2, -0.15) is 0 Å². The van der Waals surface area contributed by atoms with Crippen LogP contribution >= 0.6 is 0 Å². The second-order valence-electron chi connectivity index (χ2n) is 5.37. The first kappa shape index (κ1) is 13.1. The van der Waals surface area contributed by atoms with Gasteiger partial charge in [0.25, 0.3) is 0 Å². The molecule has 2 aliphatic heterocycles. The van der Waals surface area contributed by atoms with E-state index in [2.05, 4.69) is 22.8 Å². The SMILES string of the molecule is O=C1CN(C(=O)C2Cc3ccccc3CN2)CCCN1. The van der Waals surface area contributed by atoms with E-state index in [1.54, 1.807) is 4.90 Å². The molecule has 0 saturated carbocycles. The smallest absolute Gasteiger partial charge is 0.240 e. The van der Waals surface area contributed by atoms with Crippen LogP contribution in [0.3, 0.4) is 0 Å². The zero-order chi connectivity index (χ0) is 13.9. The van der Waals surface area contributed by atoms with Crippen LogP contribution in [-0.2, 0) is 22.6 Å². The Hall–Kier alpha value is -1.88. The van der Waals surface area contributed by atoms with Gasteiger partial charge in [0.1, 0.15) is 0 Å². The number of fused-ring (bicyclic) bond motifs is 1. The minimum absolute atomic E-state index is 0.0385. The molecule has 20 heavy (non-hydrogen) atoms. The van der Waals surface area contributed by atoms with Crippen molar-refractivity contribution in [2.24, 2.45) is 0 Å². The lowest BCUT2D eigenvalue weighted by Crippen LogP contribution is -2.50. The van der Waals surface area contributed by atoms with Gasteiger partial charge in [0.2, 0.25) is 11.8 Å². The van der Waals surface area contributed by atoms with E-state index in [4.69, 9.17) is 0 Å². The molecule has 1 unspecified atom stereocenters. The van der Waals surface area contributed by atoms with Crippen LogP contribution in [0.25, 0.3) is 0 Å². The number of benzene rings is 1. The van der Waals surface area contributed by atoms with Crippen LogP contribution in [0.1, 0.15) is 17.5 Å². The molecule has 1 aromatic carbocycles. The first-order valence-electron chi connectivity index (χ1n) is 7.10. The highest BCUT2D eigenvalue weighted by atomic mass is 16.2. The molecule has 1 aromatic rings. The van der Waals surface area contributed by atoms with Gasteiger partial charge in [-0.1, -0.05) is 24.3 Å². The Bertz CT molecular complexity index is 530. The van der Waals surface area contributed by atoms with Gasteiger partial charge in [0.15, 0.2) is 0 Å². The van der Waals surface area contributed by atoms with Crippen LogP contribution in [0.4, 0.5) is 0 Å². The van der Waals surface area contributed by atoms with Gasteiger partial charge in [0, 0.05) is 19.6 Å². The van der Waals surface area contributed by atoms with E-state index in [1.807, 2.05) is 12.1 Å². The number of hydrogen-bond donors (Lipinski definition) is 2. The number of rotatable bonds is 1. The summed E-state index contributed by atoms with van der Waals surface area (Å²) < 4.78 is 0. The Kier molecular flexibility index (Phi) is 3.69. The molecular weight excluding hydrogens is 254 g/mol. The third-order valence-corrected chi connectivity index (χ3v) is 3.95. The maximum Gasteiger partial charge on any atom is 0.240 e. The average Bonchev–Trinajstić information content (AvgIpc) is 2.70. The number of carbonyl (C=O) groups excluding carboxylic acids is 2. The summed E-state index contributed by atoms with van der Waals surface area (Å²) in [6.45, 7) is 2.20. The predicted octanol–water partition coefficient (Wildman–Crippen LogP) is 0.0494. The average molecular weight is 273 g/mol. The van der Waals surface area contributed by atoms with Crippen molar-refractivity contribution >= 4 is 11.8 Å². The lowest BCUT2D eigenvalue weighted by Gasteiger charge is -2.29. The van der Waals surface area contributed by atoms with E-state index in [-0.39, 0.29) is 24.4 Å². The molecule has 106 valence electrons. The first-order valence-corrected chi connectivity index (χ1v) is 7.10.